The summed E-state index contributed by atoms with van der Waals surface area (Å²) in [4.78, 5) is 14.1. The molecule has 5 heteroatoms. The number of ether oxygens (including phenoxy) is 1. The van der Waals surface area contributed by atoms with Crippen LogP contribution in [0, 0.1) is 5.92 Å². The largest absolute Gasteiger partial charge is 0.497 e. The van der Waals surface area contributed by atoms with E-state index >= 15 is 0 Å². The third-order valence-corrected chi connectivity index (χ3v) is 3.66. The third-order valence-electron chi connectivity index (χ3n) is 3.66. The van der Waals surface area contributed by atoms with Crippen LogP contribution in [0.1, 0.15) is 19.3 Å². The number of hydrogen-bond donors (Lipinski definition) is 2. The second-order valence-corrected chi connectivity index (χ2v) is 5.13. The molecule has 1 heterocycles. The van der Waals surface area contributed by atoms with Crippen molar-refractivity contribution >= 4 is 11.7 Å². The first-order valence-electron chi connectivity index (χ1n) is 7.03. The molecule has 110 valence electrons. The standard InChI is InChI=1S/C15H22N2O3/c1-20-14-6-2-5-13(10-14)16-15(19)17-8-3-4-12(11-17)7-9-18/h2,5-6,10,12,18H,3-4,7-9,11H2,1H3,(H,16,19). The number of rotatable bonds is 4. The zero-order valence-corrected chi connectivity index (χ0v) is 11.8. The van der Waals surface area contributed by atoms with Gasteiger partial charge in [-0.1, -0.05) is 6.07 Å². The van der Waals surface area contributed by atoms with Gasteiger partial charge in [0.25, 0.3) is 0 Å². The molecule has 20 heavy (non-hydrogen) atoms. The van der Waals surface area contributed by atoms with Crippen molar-refractivity contribution < 1.29 is 14.6 Å². The Morgan fingerprint density at radius 2 is 2.40 bits per heavy atom. The van der Waals surface area contributed by atoms with Crippen molar-refractivity contribution in [3.8, 4) is 5.75 Å². The van der Waals surface area contributed by atoms with Gasteiger partial charge in [0, 0.05) is 31.5 Å². The highest BCUT2D eigenvalue weighted by Gasteiger charge is 2.23. The van der Waals surface area contributed by atoms with E-state index < -0.39 is 0 Å². The Hall–Kier alpha value is -1.75. The highest BCUT2D eigenvalue weighted by molar-refractivity contribution is 5.89. The summed E-state index contributed by atoms with van der Waals surface area (Å²) < 4.78 is 5.14. The number of carbonyl (C=O) groups excluding carboxylic acids is 1. The van der Waals surface area contributed by atoms with Crippen molar-refractivity contribution in [2.45, 2.75) is 19.3 Å². The van der Waals surface area contributed by atoms with Crippen LogP contribution >= 0.6 is 0 Å². The topological polar surface area (TPSA) is 61.8 Å². The Morgan fingerprint density at radius 3 is 3.15 bits per heavy atom. The van der Waals surface area contributed by atoms with E-state index in [2.05, 4.69) is 5.32 Å². The number of urea groups is 1. The average Bonchev–Trinajstić information content (AvgIpc) is 2.48. The Labute approximate surface area is 119 Å². The lowest BCUT2D eigenvalue weighted by Gasteiger charge is -2.32. The quantitative estimate of drug-likeness (QED) is 0.888. The molecule has 1 aliphatic heterocycles. The van der Waals surface area contributed by atoms with E-state index in [1.54, 1.807) is 13.2 Å². The molecule has 0 bridgehead atoms. The van der Waals surface area contributed by atoms with Crippen molar-refractivity contribution in [2.24, 2.45) is 5.92 Å². The molecule has 1 saturated heterocycles. The van der Waals surface area contributed by atoms with Crippen molar-refractivity contribution in [3.63, 3.8) is 0 Å². The molecule has 0 spiro atoms. The lowest BCUT2D eigenvalue weighted by atomic mass is 9.95. The summed E-state index contributed by atoms with van der Waals surface area (Å²) in [6.07, 6.45) is 2.85. The number of anilines is 1. The predicted octanol–water partition coefficient (Wildman–Crippen LogP) is 2.32. The van der Waals surface area contributed by atoms with Crippen molar-refractivity contribution in [1.29, 1.82) is 0 Å². The first-order chi connectivity index (χ1) is 9.72. The highest BCUT2D eigenvalue weighted by Crippen LogP contribution is 2.21. The van der Waals surface area contributed by atoms with Crippen LogP contribution < -0.4 is 10.1 Å². The van der Waals surface area contributed by atoms with Gasteiger partial charge < -0.3 is 20.1 Å². The van der Waals surface area contributed by atoms with E-state index in [0.717, 1.165) is 43.8 Å². The molecular formula is C15H22N2O3. The Balaban J connectivity index is 1.93. The number of piperidine rings is 1. The van der Waals surface area contributed by atoms with E-state index in [0.29, 0.717) is 5.92 Å². The van der Waals surface area contributed by atoms with E-state index in [9.17, 15) is 4.79 Å². The molecule has 5 nitrogen and oxygen atoms in total. The van der Waals surface area contributed by atoms with E-state index in [4.69, 9.17) is 9.84 Å². The SMILES string of the molecule is COc1cccc(NC(=O)N2CCCC(CCO)C2)c1. The van der Waals surface area contributed by atoms with Gasteiger partial charge in [0.2, 0.25) is 0 Å². The van der Waals surface area contributed by atoms with Gasteiger partial charge in [-0.25, -0.2) is 4.79 Å². The van der Waals surface area contributed by atoms with Gasteiger partial charge in [-0.05, 0) is 37.3 Å². The zero-order chi connectivity index (χ0) is 14.4. The Morgan fingerprint density at radius 1 is 1.55 bits per heavy atom. The fourth-order valence-corrected chi connectivity index (χ4v) is 2.57. The maximum atomic E-state index is 12.2. The third kappa shape index (κ3) is 3.87. The summed E-state index contributed by atoms with van der Waals surface area (Å²) in [7, 11) is 1.60. The van der Waals surface area contributed by atoms with Crippen LogP contribution in [0.3, 0.4) is 0 Å². The van der Waals surface area contributed by atoms with Crippen LogP contribution in [0.2, 0.25) is 0 Å². The molecule has 2 amide bonds. The second-order valence-electron chi connectivity index (χ2n) is 5.13. The molecule has 1 unspecified atom stereocenters. The summed E-state index contributed by atoms with van der Waals surface area (Å²) in [5.74, 6) is 1.13. The monoisotopic (exact) mass is 278 g/mol. The summed E-state index contributed by atoms with van der Waals surface area (Å²) in [6.45, 7) is 1.68. The molecule has 0 aliphatic carbocycles. The van der Waals surface area contributed by atoms with Crippen molar-refractivity contribution in [1.82, 2.24) is 4.90 Å². The van der Waals surface area contributed by atoms with Crippen LogP contribution in [0.25, 0.3) is 0 Å². The van der Waals surface area contributed by atoms with Gasteiger partial charge in [-0.3, -0.25) is 0 Å². The Bertz CT molecular complexity index is 448. The van der Waals surface area contributed by atoms with Gasteiger partial charge >= 0.3 is 6.03 Å². The maximum absolute atomic E-state index is 12.2. The van der Waals surface area contributed by atoms with Gasteiger partial charge in [-0.2, -0.15) is 0 Å². The normalized spacial score (nSPS) is 18.7. The van der Waals surface area contributed by atoms with Crippen LogP contribution in [0.5, 0.6) is 5.75 Å². The second kappa shape index (κ2) is 7.14. The predicted molar refractivity (Wildman–Crippen MR) is 78.0 cm³/mol. The molecular weight excluding hydrogens is 256 g/mol. The minimum absolute atomic E-state index is 0.0825. The maximum Gasteiger partial charge on any atom is 0.321 e. The zero-order valence-electron chi connectivity index (χ0n) is 11.8. The average molecular weight is 278 g/mol. The summed E-state index contributed by atoms with van der Waals surface area (Å²) in [5, 5.41) is 11.9. The lowest BCUT2D eigenvalue weighted by molar-refractivity contribution is 0.159. The van der Waals surface area contributed by atoms with Gasteiger partial charge in [0.05, 0.1) is 7.11 Å². The van der Waals surface area contributed by atoms with E-state index in [-0.39, 0.29) is 12.6 Å². The molecule has 1 aromatic carbocycles. The number of amides is 2. The number of benzene rings is 1. The minimum Gasteiger partial charge on any atom is -0.497 e. The number of aliphatic hydroxyl groups is 1. The molecule has 2 rings (SSSR count). The van der Waals surface area contributed by atoms with Crippen LogP contribution in [-0.4, -0.2) is 42.8 Å². The molecule has 1 fully saturated rings. The first-order valence-corrected chi connectivity index (χ1v) is 7.03. The minimum atomic E-state index is -0.0825. The highest BCUT2D eigenvalue weighted by atomic mass is 16.5. The van der Waals surface area contributed by atoms with Crippen molar-refractivity contribution in [3.05, 3.63) is 24.3 Å². The van der Waals surface area contributed by atoms with Crippen LogP contribution in [0.4, 0.5) is 10.5 Å². The molecule has 0 radical (unpaired) electrons. The number of likely N-dealkylation sites (tertiary alicyclic amines) is 1. The number of aliphatic hydroxyl groups excluding tert-OH is 1. The number of methoxy groups -OCH3 is 1. The van der Waals surface area contributed by atoms with Crippen molar-refractivity contribution in [2.75, 3.05) is 32.1 Å². The molecule has 1 aliphatic rings. The molecule has 1 atom stereocenters. The molecule has 2 N–H and O–H groups in total. The fraction of sp³-hybridized carbons (Fsp3) is 0.533. The molecule has 0 saturated carbocycles. The molecule has 1 aromatic rings. The summed E-state index contributed by atoms with van der Waals surface area (Å²) in [6, 6.07) is 7.25. The number of nitrogens with zero attached hydrogens (tertiary/aromatic N) is 1. The number of nitrogens with one attached hydrogen (secondary N) is 1. The van der Waals surface area contributed by atoms with Gasteiger partial charge in [0.15, 0.2) is 0 Å². The number of hydrogen-bond acceptors (Lipinski definition) is 3. The van der Waals surface area contributed by atoms with E-state index in [1.165, 1.54) is 0 Å². The summed E-state index contributed by atoms with van der Waals surface area (Å²) in [5.41, 5.74) is 0.735. The van der Waals surface area contributed by atoms with Crippen LogP contribution in [-0.2, 0) is 0 Å². The van der Waals surface area contributed by atoms with E-state index in [1.807, 2.05) is 23.1 Å². The van der Waals surface area contributed by atoms with Gasteiger partial charge in [0.1, 0.15) is 5.75 Å². The smallest absolute Gasteiger partial charge is 0.321 e. The fourth-order valence-electron chi connectivity index (χ4n) is 2.57. The molecule has 0 aromatic heterocycles. The number of carbonyl (C=O) groups is 1. The van der Waals surface area contributed by atoms with Crippen LogP contribution in [0.15, 0.2) is 24.3 Å². The Kier molecular flexibility index (Phi) is 5.24. The first kappa shape index (κ1) is 14.7. The van der Waals surface area contributed by atoms with Gasteiger partial charge in [-0.15, -0.1) is 0 Å². The lowest BCUT2D eigenvalue weighted by Crippen LogP contribution is -2.42. The summed E-state index contributed by atoms with van der Waals surface area (Å²) >= 11 is 0.